The summed E-state index contributed by atoms with van der Waals surface area (Å²) in [4.78, 5) is 48.1. The number of nitrogens with zero attached hydrogens (tertiary/aromatic N) is 5. The van der Waals surface area contributed by atoms with Crippen LogP contribution in [0.2, 0.25) is 0 Å². The number of anilines is 1. The van der Waals surface area contributed by atoms with Crippen LogP contribution < -0.4 is 10.3 Å². The van der Waals surface area contributed by atoms with Crippen LogP contribution in [0.4, 0.5) is 5.82 Å². The lowest BCUT2D eigenvalue weighted by Crippen LogP contribution is -2.51. The Bertz CT molecular complexity index is 1450. The summed E-state index contributed by atoms with van der Waals surface area (Å²) in [7, 11) is 0. The van der Waals surface area contributed by atoms with E-state index in [9.17, 15) is 19.5 Å². The fourth-order valence-electron chi connectivity index (χ4n) is 4.03. The summed E-state index contributed by atoms with van der Waals surface area (Å²) < 4.78 is 1.55. The zero-order chi connectivity index (χ0) is 23.3. The molecule has 11 heteroatoms. The predicted molar refractivity (Wildman–Crippen MR) is 122 cm³/mol. The molecule has 4 aromatic rings. The minimum Gasteiger partial charge on any atom is -0.477 e. The monoisotopic (exact) mass is 464 g/mol. The fraction of sp³-hybridized carbons (Fsp3) is 0.273. The molecule has 10 nitrogen and oxygen atoms in total. The van der Waals surface area contributed by atoms with E-state index in [-0.39, 0.29) is 29.1 Å². The quantitative estimate of drug-likeness (QED) is 0.443. The van der Waals surface area contributed by atoms with Crippen molar-refractivity contribution < 1.29 is 14.7 Å². The van der Waals surface area contributed by atoms with Gasteiger partial charge in [-0.25, -0.2) is 14.8 Å². The highest BCUT2D eigenvalue weighted by Crippen LogP contribution is 2.29. The first-order valence-electron chi connectivity index (χ1n) is 10.3. The van der Waals surface area contributed by atoms with Gasteiger partial charge in [-0.2, -0.15) is 5.10 Å². The lowest BCUT2D eigenvalue weighted by atomic mass is 9.92. The number of carbonyl (C=O) groups excluding carboxylic acids is 1. The number of carboxylic acid groups (broad SMARTS) is 1. The second-order valence-corrected chi connectivity index (χ2v) is 9.02. The first-order chi connectivity index (χ1) is 15.8. The first-order valence-corrected chi connectivity index (χ1v) is 11.2. The molecule has 1 saturated heterocycles. The largest absolute Gasteiger partial charge is 0.477 e. The molecule has 0 aromatic carbocycles. The van der Waals surface area contributed by atoms with E-state index in [1.807, 2.05) is 17.9 Å². The van der Waals surface area contributed by atoms with Crippen LogP contribution in [0.1, 0.15) is 27.3 Å². The molecule has 33 heavy (non-hydrogen) atoms. The summed E-state index contributed by atoms with van der Waals surface area (Å²) in [6, 6.07) is 3.63. The van der Waals surface area contributed by atoms with Gasteiger partial charge in [0.05, 0.1) is 23.4 Å². The molecule has 0 saturated carbocycles. The van der Waals surface area contributed by atoms with Gasteiger partial charge in [0, 0.05) is 36.6 Å². The van der Waals surface area contributed by atoms with Crippen LogP contribution in [-0.4, -0.2) is 54.7 Å². The highest BCUT2D eigenvalue weighted by Gasteiger charge is 2.34. The van der Waals surface area contributed by atoms with Gasteiger partial charge in [-0.05, 0) is 31.5 Å². The summed E-state index contributed by atoms with van der Waals surface area (Å²) >= 11 is 1.31. The number of carboxylic acids is 1. The third kappa shape index (κ3) is 3.69. The topological polar surface area (TPSA) is 134 Å². The fourth-order valence-corrected chi connectivity index (χ4v) is 4.65. The normalized spacial score (nSPS) is 13.9. The van der Waals surface area contributed by atoms with Crippen LogP contribution in [0.25, 0.3) is 16.2 Å². The van der Waals surface area contributed by atoms with Gasteiger partial charge in [0.15, 0.2) is 10.8 Å². The molecule has 0 radical (unpaired) electrons. The first kappa shape index (κ1) is 21.0. The summed E-state index contributed by atoms with van der Waals surface area (Å²) in [6.07, 6.45) is 3.17. The molecule has 0 atom stereocenters. The second-order valence-electron chi connectivity index (χ2n) is 8.14. The van der Waals surface area contributed by atoms with Gasteiger partial charge in [0.25, 0.3) is 0 Å². The minimum atomic E-state index is -1.30. The molecule has 1 aliphatic rings. The SMILES string of the molecule is Cc1cc(CC(=O)C2CN(c3cc(C)c4c(=O)c(C(=O)O)cn(-c5nccs5)c4n3)C2)n[nH]1. The summed E-state index contributed by atoms with van der Waals surface area (Å²) in [5, 5.41) is 19.0. The predicted octanol–water partition coefficient (Wildman–Crippen LogP) is 2.13. The third-order valence-corrected chi connectivity index (χ3v) is 6.54. The van der Waals surface area contributed by atoms with Crippen molar-refractivity contribution in [3.05, 3.63) is 62.6 Å². The van der Waals surface area contributed by atoms with Crippen molar-refractivity contribution in [3.8, 4) is 5.13 Å². The number of H-pyrrole nitrogens is 1. The molecule has 1 fully saturated rings. The summed E-state index contributed by atoms with van der Waals surface area (Å²) in [5.74, 6) is -0.657. The highest BCUT2D eigenvalue weighted by atomic mass is 32.1. The molecule has 4 aromatic heterocycles. The average molecular weight is 465 g/mol. The van der Waals surface area contributed by atoms with Crippen molar-refractivity contribution >= 4 is 39.9 Å². The molecular weight excluding hydrogens is 444 g/mol. The Hall–Kier alpha value is -3.86. The number of thiazole rings is 1. The highest BCUT2D eigenvalue weighted by molar-refractivity contribution is 7.12. The molecular formula is C22H20N6O4S. The maximum Gasteiger partial charge on any atom is 0.341 e. The molecule has 0 bridgehead atoms. The van der Waals surface area contributed by atoms with Crippen molar-refractivity contribution in [2.75, 3.05) is 18.0 Å². The van der Waals surface area contributed by atoms with Crippen molar-refractivity contribution in [1.82, 2.24) is 24.7 Å². The van der Waals surface area contributed by atoms with E-state index < -0.39 is 11.4 Å². The van der Waals surface area contributed by atoms with Crippen LogP contribution in [-0.2, 0) is 11.2 Å². The van der Waals surface area contributed by atoms with Crippen LogP contribution in [0.3, 0.4) is 0 Å². The number of carbonyl (C=O) groups is 2. The van der Waals surface area contributed by atoms with E-state index in [1.165, 1.54) is 17.5 Å². The van der Waals surface area contributed by atoms with E-state index in [0.717, 1.165) is 11.4 Å². The van der Waals surface area contributed by atoms with Crippen LogP contribution in [0.5, 0.6) is 0 Å². The van der Waals surface area contributed by atoms with Crippen LogP contribution >= 0.6 is 11.3 Å². The second kappa shape index (κ2) is 7.93. The lowest BCUT2D eigenvalue weighted by Gasteiger charge is -2.39. The van der Waals surface area contributed by atoms with Gasteiger partial charge < -0.3 is 10.0 Å². The van der Waals surface area contributed by atoms with Gasteiger partial charge in [0.1, 0.15) is 17.2 Å². The number of nitrogens with one attached hydrogen (secondary N) is 1. The maximum absolute atomic E-state index is 12.9. The molecule has 0 amide bonds. The van der Waals surface area contributed by atoms with Crippen molar-refractivity contribution in [1.29, 1.82) is 0 Å². The summed E-state index contributed by atoms with van der Waals surface area (Å²) in [5.41, 5.74) is 1.71. The lowest BCUT2D eigenvalue weighted by molar-refractivity contribution is -0.123. The van der Waals surface area contributed by atoms with Crippen LogP contribution in [0.15, 0.2) is 34.7 Å². The van der Waals surface area contributed by atoms with Gasteiger partial charge in [0.2, 0.25) is 5.43 Å². The Balaban J connectivity index is 1.48. The Morgan fingerprint density at radius 2 is 2.06 bits per heavy atom. The van der Waals surface area contributed by atoms with Crippen molar-refractivity contribution in [2.45, 2.75) is 20.3 Å². The smallest absolute Gasteiger partial charge is 0.341 e. The minimum absolute atomic E-state index is 0.115. The van der Waals surface area contributed by atoms with E-state index in [4.69, 9.17) is 4.98 Å². The number of hydrogen-bond donors (Lipinski definition) is 2. The number of aromatic nitrogens is 5. The zero-order valence-electron chi connectivity index (χ0n) is 17.9. The molecule has 0 spiro atoms. The van der Waals surface area contributed by atoms with Crippen molar-refractivity contribution in [3.63, 3.8) is 0 Å². The Kier molecular flexibility index (Phi) is 5.05. The van der Waals surface area contributed by atoms with E-state index >= 15 is 0 Å². The molecule has 168 valence electrons. The Morgan fingerprint density at radius 1 is 1.27 bits per heavy atom. The van der Waals surface area contributed by atoms with Gasteiger partial charge in [-0.1, -0.05) is 0 Å². The van der Waals surface area contributed by atoms with E-state index in [2.05, 4.69) is 15.2 Å². The van der Waals surface area contributed by atoms with Crippen molar-refractivity contribution in [2.24, 2.45) is 5.92 Å². The Morgan fingerprint density at radius 3 is 2.70 bits per heavy atom. The maximum atomic E-state index is 12.9. The van der Waals surface area contributed by atoms with E-state index in [0.29, 0.717) is 35.2 Å². The number of rotatable bonds is 6. The third-order valence-electron chi connectivity index (χ3n) is 5.77. The molecule has 5 rings (SSSR count). The number of aromatic carboxylic acids is 1. The number of pyridine rings is 2. The van der Waals surface area contributed by atoms with Crippen LogP contribution in [0, 0.1) is 19.8 Å². The Labute approximate surface area is 191 Å². The standard InChI is InChI=1S/C22H20N6O4S/c1-11-5-17(27-8-13(9-27)16(29)7-14-6-12(2)25-26-14)24-20-18(11)19(30)15(21(31)32)10-28(20)22-23-3-4-33-22/h3-6,10,13H,7-9H2,1-2H3,(H,25,26)(H,31,32). The number of ketones is 1. The number of aryl methyl sites for hydroxylation is 2. The molecule has 5 heterocycles. The summed E-state index contributed by atoms with van der Waals surface area (Å²) in [6.45, 7) is 4.70. The number of Topliss-reactive ketones (excluding diaryl/α,β-unsaturated/α-hetero) is 1. The van der Waals surface area contributed by atoms with E-state index in [1.54, 1.807) is 29.1 Å². The number of fused-ring (bicyclic) bond motifs is 1. The number of aromatic amines is 1. The molecule has 1 aliphatic heterocycles. The average Bonchev–Trinajstić information content (AvgIpc) is 3.38. The van der Waals surface area contributed by atoms with Gasteiger partial charge in [-0.3, -0.25) is 19.3 Å². The van der Waals surface area contributed by atoms with Gasteiger partial charge in [-0.15, -0.1) is 11.3 Å². The zero-order valence-corrected chi connectivity index (χ0v) is 18.7. The number of hydrogen-bond acceptors (Lipinski definition) is 8. The molecule has 0 aliphatic carbocycles. The molecule has 2 N–H and O–H groups in total. The molecule has 0 unspecified atom stereocenters. The van der Waals surface area contributed by atoms with Gasteiger partial charge >= 0.3 is 5.97 Å².